The third kappa shape index (κ3) is 2.92. The number of fused-ring (bicyclic) bond motifs is 2. The summed E-state index contributed by atoms with van der Waals surface area (Å²) in [6, 6.07) is 37.1. The van der Waals surface area contributed by atoms with Crippen molar-refractivity contribution in [2.24, 2.45) is 0 Å². The van der Waals surface area contributed by atoms with Gasteiger partial charge in [-0.25, -0.2) is 0 Å². The molecule has 5 aromatic rings. The van der Waals surface area contributed by atoms with E-state index in [1.54, 1.807) is 0 Å². The van der Waals surface area contributed by atoms with E-state index < -0.39 is 0 Å². The zero-order valence-electron chi connectivity index (χ0n) is 14.7. The predicted octanol–water partition coefficient (Wildman–Crippen LogP) is 7.93. The summed E-state index contributed by atoms with van der Waals surface area (Å²) in [7, 11) is 0. The average Bonchev–Trinajstić information content (AvgIpc) is 2.73. The Balaban J connectivity index is 1.80. The molecular formula is C26H17I. The minimum absolute atomic E-state index is 1.26. The van der Waals surface area contributed by atoms with Crippen molar-refractivity contribution in [3.8, 4) is 22.3 Å². The minimum atomic E-state index is 1.26. The van der Waals surface area contributed by atoms with Gasteiger partial charge in [0.2, 0.25) is 0 Å². The summed E-state index contributed by atoms with van der Waals surface area (Å²) in [6.07, 6.45) is 0. The Morgan fingerprint density at radius 1 is 0.481 bits per heavy atom. The summed E-state index contributed by atoms with van der Waals surface area (Å²) in [5.41, 5.74) is 5.10. The van der Waals surface area contributed by atoms with E-state index in [0.29, 0.717) is 0 Å². The summed E-state index contributed by atoms with van der Waals surface area (Å²) >= 11 is 2.46. The van der Waals surface area contributed by atoms with E-state index in [9.17, 15) is 0 Å². The molecule has 0 heterocycles. The van der Waals surface area contributed by atoms with E-state index in [1.807, 2.05) is 0 Å². The zero-order chi connectivity index (χ0) is 18.2. The monoisotopic (exact) mass is 456 g/mol. The van der Waals surface area contributed by atoms with Gasteiger partial charge in [-0.05, 0) is 73.1 Å². The van der Waals surface area contributed by atoms with Crippen molar-refractivity contribution in [2.45, 2.75) is 0 Å². The van der Waals surface area contributed by atoms with Gasteiger partial charge in [0, 0.05) is 8.96 Å². The second-order valence-electron chi connectivity index (χ2n) is 6.75. The van der Waals surface area contributed by atoms with Crippen LogP contribution in [0.15, 0.2) is 103 Å². The SMILES string of the molecule is Ic1cccc2c(-c3ccc4ccccc4c3)ccc(-c3ccccc3)c12. The second-order valence-corrected chi connectivity index (χ2v) is 7.91. The lowest BCUT2D eigenvalue weighted by atomic mass is 9.91. The van der Waals surface area contributed by atoms with Crippen molar-refractivity contribution >= 4 is 44.1 Å². The van der Waals surface area contributed by atoms with Gasteiger partial charge in [0.05, 0.1) is 0 Å². The van der Waals surface area contributed by atoms with Crippen LogP contribution in [-0.2, 0) is 0 Å². The largest absolute Gasteiger partial charge is 0.0622 e. The lowest BCUT2D eigenvalue weighted by molar-refractivity contribution is 1.62. The van der Waals surface area contributed by atoms with Crippen molar-refractivity contribution < 1.29 is 0 Å². The molecule has 0 fully saturated rings. The molecular weight excluding hydrogens is 439 g/mol. The molecule has 0 saturated heterocycles. The van der Waals surface area contributed by atoms with Gasteiger partial charge in [-0.15, -0.1) is 0 Å². The molecule has 0 aliphatic rings. The fraction of sp³-hybridized carbons (Fsp3) is 0. The van der Waals surface area contributed by atoms with Gasteiger partial charge in [-0.2, -0.15) is 0 Å². The summed E-state index contributed by atoms with van der Waals surface area (Å²) < 4.78 is 1.28. The lowest BCUT2D eigenvalue weighted by Gasteiger charge is -2.14. The van der Waals surface area contributed by atoms with Gasteiger partial charge in [0.25, 0.3) is 0 Å². The fourth-order valence-electron chi connectivity index (χ4n) is 3.83. The van der Waals surface area contributed by atoms with Crippen molar-refractivity contribution in [3.05, 3.63) is 107 Å². The highest BCUT2D eigenvalue weighted by molar-refractivity contribution is 14.1. The Labute approximate surface area is 172 Å². The van der Waals surface area contributed by atoms with Crippen LogP contribution in [-0.4, -0.2) is 0 Å². The standard InChI is InChI=1S/C26H17I/c27-25-12-6-11-24-22(21-14-13-18-7-4-5-10-20(18)17-21)15-16-23(26(24)25)19-8-2-1-3-9-19/h1-17H. The molecule has 0 atom stereocenters. The van der Waals surface area contributed by atoms with Crippen LogP contribution in [0, 0.1) is 3.57 Å². The third-order valence-electron chi connectivity index (χ3n) is 5.14. The van der Waals surface area contributed by atoms with Gasteiger partial charge < -0.3 is 0 Å². The van der Waals surface area contributed by atoms with Crippen LogP contribution < -0.4 is 0 Å². The molecule has 27 heavy (non-hydrogen) atoms. The van der Waals surface area contributed by atoms with Gasteiger partial charge in [0.15, 0.2) is 0 Å². The first kappa shape index (κ1) is 16.5. The first-order valence-electron chi connectivity index (χ1n) is 9.07. The van der Waals surface area contributed by atoms with Gasteiger partial charge in [-0.1, -0.05) is 91.0 Å². The highest BCUT2D eigenvalue weighted by atomic mass is 127. The molecule has 0 aromatic heterocycles. The van der Waals surface area contributed by atoms with Crippen molar-refractivity contribution in [1.82, 2.24) is 0 Å². The molecule has 0 N–H and O–H groups in total. The van der Waals surface area contributed by atoms with Gasteiger partial charge in [-0.3, -0.25) is 0 Å². The first-order chi connectivity index (χ1) is 13.3. The minimum Gasteiger partial charge on any atom is -0.0622 e. The van der Waals surface area contributed by atoms with Crippen molar-refractivity contribution in [3.63, 3.8) is 0 Å². The molecule has 0 nitrogen and oxygen atoms in total. The molecule has 0 saturated carbocycles. The smallest absolute Gasteiger partial charge is 0.0215 e. The van der Waals surface area contributed by atoms with Gasteiger partial charge in [0.1, 0.15) is 0 Å². The van der Waals surface area contributed by atoms with E-state index in [4.69, 9.17) is 0 Å². The quantitative estimate of drug-likeness (QED) is 0.237. The molecule has 0 bridgehead atoms. The molecule has 1 heteroatoms. The van der Waals surface area contributed by atoms with Crippen LogP contribution in [0.3, 0.4) is 0 Å². The normalized spacial score (nSPS) is 11.1. The van der Waals surface area contributed by atoms with E-state index in [1.165, 1.54) is 47.4 Å². The summed E-state index contributed by atoms with van der Waals surface area (Å²) in [4.78, 5) is 0. The Kier molecular flexibility index (Phi) is 4.17. The Morgan fingerprint density at radius 3 is 2.07 bits per heavy atom. The maximum atomic E-state index is 2.46. The first-order valence-corrected chi connectivity index (χ1v) is 10.1. The molecule has 0 aliphatic carbocycles. The van der Waals surface area contributed by atoms with Crippen LogP contribution in [0.2, 0.25) is 0 Å². The van der Waals surface area contributed by atoms with Crippen LogP contribution in [0.4, 0.5) is 0 Å². The number of halogens is 1. The Bertz CT molecular complexity index is 1270. The molecule has 5 rings (SSSR count). The number of hydrogen-bond donors (Lipinski definition) is 0. The topological polar surface area (TPSA) is 0 Å². The van der Waals surface area contributed by atoms with Crippen molar-refractivity contribution in [1.29, 1.82) is 0 Å². The maximum absolute atomic E-state index is 2.46. The zero-order valence-corrected chi connectivity index (χ0v) is 16.9. The number of rotatable bonds is 2. The second kappa shape index (κ2) is 6.82. The highest BCUT2D eigenvalue weighted by Crippen LogP contribution is 2.38. The summed E-state index contributed by atoms with van der Waals surface area (Å²) in [6.45, 7) is 0. The van der Waals surface area contributed by atoms with Crippen LogP contribution in [0.5, 0.6) is 0 Å². The Hall–Kier alpha value is -2.65. The molecule has 5 aromatic carbocycles. The number of hydrogen-bond acceptors (Lipinski definition) is 0. The van der Waals surface area contributed by atoms with E-state index >= 15 is 0 Å². The molecule has 0 unspecified atom stereocenters. The molecule has 0 spiro atoms. The highest BCUT2D eigenvalue weighted by Gasteiger charge is 2.12. The lowest BCUT2D eigenvalue weighted by Crippen LogP contribution is -1.88. The van der Waals surface area contributed by atoms with Gasteiger partial charge >= 0.3 is 0 Å². The van der Waals surface area contributed by atoms with E-state index in [2.05, 4.69) is 126 Å². The number of benzene rings is 5. The van der Waals surface area contributed by atoms with E-state index in [-0.39, 0.29) is 0 Å². The summed E-state index contributed by atoms with van der Waals surface area (Å²) in [5.74, 6) is 0. The molecule has 0 radical (unpaired) electrons. The summed E-state index contributed by atoms with van der Waals surface area (Å²) in [5, 5.41) is 5.19. The fourth-order valence-corrected chi connectivity index (χ4v) is 4.62. The molecule has 0 aliphatic heterocycles. The van der Waals surface area contributed by atoms with Crippen LogP contribution in [0.25, 0.3) is 43.8 Å². The van der Waals surface area contributed by atoms with Crippen LogP contribution >= 0.6 is 22.6 Å². The Morgan fingerprint density at radius 2 is 1.22 bits per heavy atom. The molecule has 0 amide bonds. The van der Waals surface area contributed by atoms with E-state index in [0.717, 1.165) is 0 Å². The maximum Gasteiger partial charge on any atom is 0.0215 e. The average molecular weight is 456 g/mol. The predicted molar refractivity (Wildman–Crippen MR) is 125 cm³/mol. The molecule has 128 valence electrons. The third-order valence-corrected chi connectivity index (χ3v) is 6.03. The van der Waals surface area contributed by atoms with Crippen molar-refractivity contribution in [2.75, 3.05) is 0 Å². The van der Waals surface area contributed by atoms with Crippen LogP contribution in [0.1, 0.15) is 0 Å².